The van der Waals surface area contributed by atoms with Crippen LogP contribution in [0, 0.1) is 6.92 Å². The number of aromatic nitrogens is 2. The fourth-order valence-electron chi connectivity index (χ4n) is 1.65. The van der Waals surface area contributed by atoms with E-state index >= 15 is 0 Å². The Balaban J connectivity index is 2.07. The van der Waals surface area contributed by atoms with E-state index in [0.29, 0.717) is 0 Å². The van der Waals surface area contributed by atoms with Crippen LogP contribution in [-0.2, 0) is 0 Å². The van der Waals surface area contributed by atoms with Crippen LogP contribution in [0.4, 0.5) is 5.95 Å². The number of oxime groups is 1. The first-order valence-corrected chi connectivity index (χ1v) is 5.04. The van der Waals surface area contributed by atoms with Crippen molar-refractivity contribution in [1.29, 1.82) is 0 Å². The van der Waals surface area contributed by atoms with Gasteiger partial charge in [-0.25, -0.2) is 9.97 Å². The quantitative estimate of drug-likeness (QED) is 0.554. The van der Waals surface area contributed by atoms with Gasteiger partial charge in [-0.15, -0.1) is 0 Å². The largest absolute Gasteiger partial charge is 0.411 e. The molecule has 0 aliphatic carbocycles. The van der Waals surface area contributed by atoms with Crippen molar-refractivity contribution in [3.8, 4) is 0 Å². The molecule has 0 aromatic carbocycles. The minimum atomic E-state index is 0.770. The Morgan fingerprint density at radius 1 is 1.40 bits per heavy atom. The number of aryl methyl sites for hydroxylation is 1. The summed E-state index contributed by atoms with van der Waals surface area (Å²) in [6.07, 6.45) is 3.34. The molecule has 0 bridgehead atoms. The van der Waals surface area contributed by atoms with Gasteiger partial charge in [0.1, 0.15) is 0 Å². The van der Waals surface area contributed by atoms with E-state index in [9.17, 15) is 0 Å². The molecule has 1 saturated heterocycles. The summed E-state index contributed by atoms with van der Waals surface area (Å²) in [6, 6.07) is 1.88. The first kappa shape index (κ1) is 9.89. The fourth-order valence-corrected chi connectivity index (χ4v) is 1.65. The second-order valence-corrected chi connectivity index (χ2v) is 3.65. The van der Waals surface area contributed by atoms with Crippen LogP contribution in [-0.4, -0.2) is 34.0 Å². The molecule has 1 aliphatic heterocycles. The van der Waals surface area contributed by atoms with Gasteiger partial charge in [0.15, 0.2) is 0 Å². The maximum absolute atomic E-state index is 8.63. The molecular weight excluding hydrogens is 192 g/mol. The van der Waals surface area contributed by atoms with E-state index in [0.717, 1.165) is 43.3 Å². The van der Waals surface area contributed by atoms with Crippen LogP contribution in [0.1, 0.15) is 18.5 Å². The molecule has 0 spiro atoms. The zero-order chi connectivity index (χ0) is 10.7. The monoisotopic (exact) mass is 206 g/mol. The van der Waals surface area contributed by atoms with Crippen LogP contribution in [0.25, 0.3) is 0 Å². The Kier molecular flexibility index (Phi) is 2.80. The van der Waals surface area contributed by atoms with Crippen molar-refractivity contribution in [3.63, 3.8) is 0 Å². The Bertz CT molecular complexity index is 367. The Morgan fingerprint density at radius 2 is 2.13 bits per heavy atom. The van der Waals surface area contributed by atoms with Crippen LogP contribution in [0.3, 0.4) is 0 Å². The lowest BCUT2D eigenvalue weighted by atomic mass is 10.1. The highest BCUT2D eigenvalue weighted by atomic mass is 16.4. The van der Waals surface area contributed by atoms with Crippen LogP contribution in [0.2, 0.25) is 0 Å². The van der Waals surface area contributed by atoms with Gasteiger partial charge in [-0.1, -0.05) is 5.16 Å². The number of anilines is 1. The van der Waals surface area contributed by atoms with E-state index in [-0.39, 0.29) is 0 Å². The van der Waals surface area contributed by atoms with E-state index in [4.69, 9.17) is 5.21 Å². The molecular formula is C10H14N4O. The van der Waals surface area contributed by atoms with E-state index in [1.807, 2.05) is 13.0 Å². The van der Waals surface area contributed by atoms with Crippen molar-refractivity contribution in [2.45, 2.75) is 19.8 Å². The maximum atomic E-state index is 8.63. The van der Waals surface area contributed by atoms with Gasteiger partial charge in [-0.3, -0.25) is 0 Å². The minimum absolute atomic E-state index is 0.770. The SMILES string of the molecule is Cc1ccnc(N2CCC(=NO)CC2)n1. The van der Waals surface area contributed by atoms with Gasteiger partial charge in [0.25, 0.3) is 0 Å². The zero-order valence-electron chi connectivity index (χ0n) is 8.72. The molecule has 0 saturated carbocycles. The normalized spacial score (nSPS) is 16.6. The number of hydrogen-bond donors (Lipinski definition) is 1. The summed E-state index contributed by atoms with van der Waals surface area (Å²) in [4.78, 5) is 10.7. The van der Waals surface area contributed by atoms with Crippen LogP contribution < -0.4 is 4.90 Å². The molecule has 5 heteroatoms. The lowest BCUT2D eigenvalue weighted by molar-refractivity contribution is 0.315. The van der Waals surface area contributed by atoms with Crippen molar-refractivity contribution >= 4 is 11.7 Å². The third kappa shape index (κ3) is 2.23. The molecule has 0 radical (unpaired) electrons. The van der Waals surface area contributed by atoms with Crippen LogP contribution in [0.15, 0.2) is 17.4 Å². The average Bonchev–Trinajstić information content (AvgIpc) is 2.29. The molecule has 80 valence electrons. The molecule has 0 atom stereocenters. The van der Waals surface area contributed by atoms with Gasteiger partial charge in [0.05, 0.1) is 5.71 Å². The number of nitrogens with zero attached hydrogens (tertiary/aromatic N) is 4. The van der Waals surface area contributed by atoms with E-state index in [1.165, 1.54) is 0 Å². The van der Waals surface area contributed by atoms with E-state index < -0.39 is 0 Å². The predicted octanol–water partition coefficient (Wildman–Crippen LogP) is 1.22. The van der Waals surface area contributed by atoms with Crippen molar-refractivity contribution in [3.05, 3.63) is 18.0 Å². The van der Waals surface area contributed by atoms with E-state index in [1.54, 1.807) is 6.20 Å². The second-order valence-electron chi connectivity index (χ2n) is 3.65. The summed E-state index contributed by atoms with van der Waals surface area (Å²) in [5, 5.41) is 11.9. The van der Waals surface area contributed by atoms with Gasteiger partial charge < -0.3 is 10.1 Å². The van der Waals surface area contributed by atoms with Crippen molar-refractivity contribution in [2.24, 2.45) is 5.16 Å². The average molecular weight is 206 g/mol. The summed E-state index contributed by atoms with van der Waals surface area (Å²) < 4.78 is 0. The molecule has 1 N–H and O–H groups in total. The minimum Gasteiger partial charge on any atom is -0.411 e. The topological polar surface area (TPSA) is 61.6 Å². The second kappa shape index (κ2) is 4.25. The molecule has 0 unspecified atom stereocenters. The van der Waals surface area contributed by atoms with Crippen LogP contribution >= 0.6 is 0 Å². The molecule has 15 heavy (non-hydrogen) atoms. The number of piperidine rings is 1. The van der Waals surface area contributed by atoms with Gasteiger partial charge >= 0.3 is 0 Å². The maximum Gasteiger partial charge on any atom is 0.225 e. The third-order valence-electron chi connectivity index (χ3n) is 2.55. The van der Waals surface area contributed by atoms with Gasteiger partial charge in [-0.2, -0.15) is 0 Å². The van der Waals surface area contributed by atoms with E-state index in [2.05, 4.69) is 20.0 Å². The molecule has 0 amide bonds. The number of hydrogen-bond acceptors (Lipinski definition) is 5. The first-order valence-electron chi connectivity index (χ1n) is 5.04. The summed E-state index contributed by atoms with van der Waals surface area (Å²) >= 11 is 0. The summed E-state index contributed by atoms with van der Waals surface area (Å²) in [5.74, 6) is 0.770. The lowest BCUT2D eigenvalue weighted by Crippen LogP contribution is -2.35. The Morgan fingerprint density at radius 3 is 2.73 bits per heavy atom. The smallest absolute Gasteiger partial charge is 0.225 e. The highest BCUT2D eigenvalue weighted by Gasteiger charge is 2.17. The van der Waals surface area contributed by atoms with Gasteiger partial charge in [0, 0.05) is 37.8 Å². The fraction of sp³-hybridized carbons (Fsp3) is 0.500. The third-order valence-corrected chi connectivity index (χ3v) is 2.55. The highest BCUT2D eigenvalue weighted by Crippen LogP contribution is 2.13. The Hall–Kier alpha value is -1.65. The van der Waals surface area contributed by atoms with Crippen molar-refractivity contribution in [2.75, 3.05) is 18.0 Å². The van der Waals surface area contributed by atoms with Crippen molar-refractivity contribution < 1.29 is 5.21 Å². The van der Waals surface area contributed by atoms with Gasteiger partial charge in [0.2, 0.25) is 5.95 Å². The summed E-state index contributed by atoms with van der Waals surface area (Å²) in [7, 11) is 0. The molecule has 5 nitrogen and oxygen atoms in total. The first-order chi connectivity index (χ1) is 7.29. The van der Waals surface area contributed by atoms with Crippen molar-refractivity contribution in [1.82, 2.24) is 9.97 Å². The summed E-state index contributed by atoms with van der Waals surface area (Å²) in [5.41, 5.74) is 1.83. The van der Waals surface area contributed by atoms with Crippen LogP contribution in [0.5, 0.6) is 0 Å². The molecule has 1 fully saturated rings. The Labute approximate surface area is 88.5 Å². The lowest BCUT2D eigenvalue weighted by Gasteiger charge is -2.27. The predicted molar refractivity (Wildman–Crippen MR) is 57.4 cm³/mol. The molecule has 1 aliphatic rings. The molecule has 1 aromatic heterocycles. The molecule has 2 rings (SSSR count). The standard InChI is InChI=1S/C10H14N4O/c1-8-2-5-11-10(12-8)14-6-3-9(13-15)4-7-14/h2,5,15H,3-4,6-7H2,1H3. The zero-order valence-corrected chi connectivity index (χ0v) is 8.72. The van der Waals surface area contributed by atoms with Gasteiger partial charge in [-0.05, 0) is 13.0 Å². The number of rotatable bonds is 1. The summed E-state index contributed by atoms with van der Waals surface area (Å²) in [6.45, 7) is 3.60. The molecule has 1 aromatic rings. The molecule has 2 heterocycles. The highest BCUT2D eigenvalue weighted by molar-refractivity contribution is 5.85.